The molecule has 0 bridgehead atoms. The van der Waals surface area contributed by atoms with Crippen LogP contribution in [-0.4, -0.2) is 39.6 Å². The van der Waals surface area contributed by atoms with Gasteiger partial charge in [-0.2, -0.15) is 0 Å². The normalized spacial score (nSPS) is 15.2. The molecule has 0 unspecified atom stereocenters. The lowest BCUT2D eigenvalue weighted by Gasteiger charge is -2.05. The van der Waals surface area contributed by atoms with E-state index in [1.165, 1.54) is 6.07 Å². The molecule has 0 radical (unpaired) electrons. The molecule has 146 valence electrons. The van der Waals surface area contributed by atoms with Crippen LogP contribution in [0, 0.1) is 24.6 Å². The minimum absolute atomic E-state index is 0.0162. The number of hydrogen-bond acceptors (Lipinski definition) is 5. The Labute approximate surface area is 160 Å². The van der Waals surface area contributed by atoms with Gasteiger partial charge >= 0.3 is 0 Å². The molecule has 0 atom stereocenters. The van der Waals surface area contributed by atoms with Crippen LogP contribution in [0.5, 0.6) is 0 Å². The van der Waals surface area contributed by atoms with Crippen LogP contribution in [0.1, 0.15) is 30.3 Å². The van der Waals surface area contributed by atoms with Crippen LogP contribution >= 0.6 is 0 Å². The number of nitrogens with zero attached hydrogens (tertiary/aromatic N) is 3. The number of amides is 1. The first-order chi connectivity index (χ1) is 13.3. The van der Waals surface area contributed by atoms with E-state index in [9.17, 15) is 9.18 Å². The predicted molar refractivity (Wildman–Crippen MR) is 104 cm³/mol. The molecule has 1 fully saturated rings. The molecule has 2 aromatic rings. The summed E-state index contributed by atoms with van der Waals surface area (Å²) in [5.41, 5.74) is 17.7. The van der Waals surface area contributed by atoms with Crippen molar-refractivity contribution in [2.75, 3.05) is 13.2 Å². The number of benzene rings is 1. The highest BCUT2D eigenvalue weighted by Gasteiger charge is 2.27. The molecule has 0 spiro atoms. The van der Waals surface area contributed by atoms with Gasteiger partial charge in [-0.05, 0) is 31.8 Å². The summed E-state index contributed by atoms with van der Waals surface area (Å²) < 4.78 is 16.6. The molecule has 28 heavy (non-hydrogen) atoms. The number of hydrogen-bond donors (Lipinski definition) is 4. The third kappa shape index (κ3) is 3.82. The number of primary amides is 1. The fourth-order valence-electron chi connectivity index (χ4n) is 2.97. The third-order valence-electron chi connectivity index (χ3n) is 4.35. The molecule has 1 saturated carbocycles. The first-order valence-electron chi connectivity index (χ1n) is 8.74. The maximum absolute atomic E-state index is 14.6. The van der Waals surface area contributed by atoms with Crippen LogP contribution in [0.2, 0.25) is 0 Å². The van der Waals surface area contributed by atoms with Gasteiger partial charge in [0.05, 0.1) is 35.4 Å². The monoisotopic (exact) mass is 384 g/mol. The van der Waals surface area contributed by atoms with E-state index in [-0.39, 0.29) is 35.8 Å². The Hall–Kier alpha value is -3.38. The summed E-state index contributed by atoms with van der Waals surface area (Å²) in [6.45, 7) is 1.62. The molecule has 3 rings (SSSR count). The topological polar surface area (TPSA) is 146 Å². The number of aliphatic imine (C=N–C) groups is 1. The molecule has 1 heterocycles. The molecular weight excluding hydrogens is 363 g/mol. The minimum Gasteiger partial charge on any atom is -0.394 e. The summed E-state index contributed by atoms with van der Waals surface area (Å²) in [5.74, 6) is 4.27. The van der Waals surface area contributed by atoms with Gasteiger partial charge in [-0.1, -0.05) is 5.92 Å². The number of aromatic nitrogens is 2. The van der Waals surface area contributed by atoms with Gasteiger partial charge in [0.15, 0.2) is 0 Å². The van der Waals surface area contributed by atoms with Crippen LogP contribution in [-0.2, 0) is 4.79 Å². The number of carbonyl (C=O) groups is 1. The zero-order valence-corrected chi connectivity index (χ0v) is 15.4. The quantitative estimate of drug-likeness (QED) is 0.252. The summed E-state index contributed by atoms with van der Waals surface area (Å²) in [6, 6.07) is 3.33. The number of rotatable bonds is 5. The zero-order valence-electron chi connectivity index (χ0n) is 15.4. The molecule has 1 aliphatic rings. The van der Waals surface area contributed by atoms with Gasteiger partial charge in [-0.25, -0.2) is 9.37 Å². The number of halogens is 1. The highest BCUT2D eigenvalue weighted by atomic mass is 19.1. The van der Waals surface area contributed by atoms with E-state index in [4.69, 9.17) is 22.3 Å². The van der Waals surface area contributed by atoms with Crippen LogP contribution in [0.25, 0.3) is 11.0 Å². The van der Waals surface area contributed by atoms with Crippen molar-refractivity contribution in [1.29, 1.82) is 0 Å². The molecule has 1 aliphatic carbocycles. The average molecular weight is 384 g/mol. The van der Waals surface area contributed by atoms with E-state index in [0.717, 1.165) is 24.2 Å². The highest BCUT2D eigenvalue weighted by molar-refractivity contribution is 6.20. The van der Waals surface area contributed by atoms with Crippen LogP contribution < -0.4 is 17.2 Å². The van der Waals surface area contributed by atoms with E-state index in [1.54, 1.807) is 6.07 Å². The van der Waals surface area contributed by atoms with E-state index >= 15 is 0 Å². The van der Waals surface area contributed by atoms with Gasteiger partial charge in [0.2, 0.25) is 0 Å². The van der Waals surface area contributed by atoms with Crippen LogP contribution in [0.3, 0.4) is 0 Å². The second-order valence-electron chi connectivity index (χ2n) is 6.47. The van der Waals surface area contributed by atoms with Crippen LogP contribution in [0.15, 0.2) is 28.4 Å². The van der Waals surface area contributed by atoms with Crippen molar-refractivity contribution in [2.45, 2.75) is 25.8 Å². The first-order valence-corrected chi connectivity index (χ1v) is 8.74. The number of allylic oxidation sites excluding steroid dienone is 1. The Kier molecular flexibility index (Phi) is 5.33. The number of fused-ring (bicyclic) bond motifs is 1. The molecule has 8 nitrogen and oxygen atoms in total. The molecule has 7 N–H and O–H groups in total. The van der Waals surface area contributed by atoms with Crippen molar-refractivity contribution in [1.82, 2.24) is 9.55 Å². The Bertz CT molecular complexity index is 1070. The van der Waals surface area contributed by atoms with E-state index < -0.39 is 11.7 Å². The summed E-state index contributed by atoms with van der Waals surface area (Å²) in [7, 11) is 0. The van der Waals surface area contributed by atoms with Crippen LogP contribution in [0.4, 0.5) is 4.39 Å². The standard InChI is InChI=1S/C19H21FN6O2/c1-10-25-15-8-11(13(20)9-16(15)26(10)12-3-4-12)2-5-14(21)17(19(23)28)18(22)24-6-7-27/h8-9,12,27H,3-4,6-7,21H2,1H3,(H2,22,24)(H2,23,28)/b17-14+. The van der Waals surface area contributed by atoms with Crippen molar-refractivity contribution in [3.05, 3.63) is 40.6 Å². The number of imidazole rings is 1. The number of aryl methyl sites for hydroxylation is 1. The molecule has 1 aromatic carbocycles. The number of nitrogens with two attached hydrogens (primary N) is 3. The summed E-state index contributed by atoms with van der Waals surface area (Å²) in [4.78, 5) is 19.9. The summed E-state index contributed by atoms with van der Waals surface area (Å²) in [5, 5.41) is 8.80. The van der Waals surface area contributed by atoms with E-state index in [1.807, 2.05) is 11.5 Å². The third-order valence-corrected chi connectivity index (χ3v) is 4.35. The summed E-state index contributed by atoms with van der Waals surface area (Å²) in [6.07, 6.45) is 2.12. The Morgan fingerprint density at radius 1 is 1.39 bits per heavy atom. The largest absolute Gasteiger partial charge is 0.394 e. The summed E-state index contributed by atoms with van der Waals surface area (Å²) >= 11 is 0. The number of carbonyl (C=O) groups excluding carboxylic acids is 1. The molecule has 1 aromatic heterocycles. The molecular formula is C19H21FN6O2. The fourth-order valence-corrected chi connectivity index (χ4v) is 2.97. The number of aliphatic hydroxyl groups is 1. The van der Waals surface area contributed by atoms with Crippen molar-refractivity contribution in [3.8, 4) is 11.8 Å². The van der Waals surface area contributed by atoms with Gasteiger partial charge in [0.1, 0.15) is 23.1 Å². The van der Waals surface area contributed by atoms with Gasteiger partial charge in [0.25, 0.3) is 5.91 Å². The fraction of sp³-hybridized carbons (Fsp3) is 0.316. The SMILES string of the molecule is Cc1nc2cc(C#C/C(N)=C(\C(N)=O)C(N)=NCCO)c(F)cc2n1C1CC1. The van der Waals surface area contributed by atoms with Gasteiger partial charge in [-0.3, -0.25) is 9.79 Å². The van der Waals surface area contributed by atoms with Crippen molar-refractivity contribution in [3.63, 3.8) is 0 Å². The average Bonchev–Trinajstić information content (AvgIpc) is 3.41. The molecule has 0 aliphatic heterocycles. The Balaban J connectivity index is 2.01. The second-order valence-corrected chi connectivity index (χ2v) is 6.47. The van der Waals surface area contributed by atoms with Gasteiger partial charge in [0, 0.05) is 12.1 Å². The Morgan fingerprint density at radius 2 is 2.11 bits per heavy atom. The minimum atomic E-state index is -0.916. The number of aliphatic hydroxyl groups excluding tert-OH is 1. The maximum atomic E-state index is 14.6. The van der Waals surface area contributed by atoms with Crippen molar-refractivity contribution in [2.24, 2.45) is 22.2 Å². The van der Waals surface area contributed by atoms with Crippen molar-refractivity contribution >= 4 is 22.8 Å². The lowest BCUT2D eigenvalue weighted by Crippen LogP contribution is -2.30. The molecule has 9 heteroatoms. The molecule has 0 saturated heterocycles. The second kappa shape index (κ2) is 7.70. The predicted octanol–water partition coefficient (Wildman–Crippen LogP) is 0.218. The maximum Gasteiger partial charge on any atom is 0.255 e. The zero-order chi connectivity index (χ0) is 20.4. The number of amidine groups is 1. The lowest BCUT2D eigenvalue weighted by atomic mass is 10.1. The van der Waals surface area contributed by atoms with Gasteiger partial charge < -0.3 is 26.9 Å². The molecule has 1 amide bonds. The van der Waals surface area contributed by atoms with E-state index in [0.29, 0.717) is 11.6 Å². The lowest BCUT2D eigenvalue weighted by molar-refractivity contribution is -0.114. The smallest absolute Gasteiger partial charge is 0.255 e. The first kappa shape index (κ1) is 19.4. The highest BCUT2D eigenvalue weighted by Crippen LogP contribution is 2.38. The van der Waals surface area contributed by atoms with Gasteiger partial charge in [-0.15, -0.1) is 0 Å². The Morgan fingerprint density at radius 3 is 2.71 bits per heavy atom. The van der Waals surface area contributed by atoms with Crippen molar-refractivity contribution < 1.29 is 14.3 Å². The van der Waals surface area contributed by atoms with E-state index in [2.05, 4.69) is 21.8 Å².